The molecule has 0 radical (unpaired) electrons. The summed E-state index contributed by atoms with van der Waals surface area (Å²) in [4.78, 5) is 11.5. The minimum absolute atomic E-state index is 0.0286. The van der Waals surface area contributed by atoms with Crippen molar-refractivity contribution in [1.82, 2.24) is 9.97 Å². The number of aryl methyl sites for hydroxylation is 1. The lowest BCUT2D eigenvalue weighted by molar-refractivity contribution is 0.605. The van der Waals surface area contributed by atoms with E-state index in [2.05, 4.69) is 166 Å². The lowest BCUT2D eigenvalue weighted by atomic mass is 9.77. The number of allylic oxidation sites excluding steroid dienone is 1. The molecule has 0 amide bonds. The maximum absolute atomic E-state index is 6.68. The maximum Gasteiger partial charge on any atom is 0.143 e. The van der Waals surface area contributed by atoms with Gasteiger partial charge in [-0.3, -0.25) is 0 Å². The quantitative estimate of drug-likeness (QED) is 0.175. The first-order valence-electron chi connectivity index (χ1n) is 18.4. The maximum atomic E-state index is 6.68. The summed E-state index contributed by atoms with van der Waals surface area (Å²) in [6.45, 7) is 4.50. The van der Waals surface area contributed by atoms with Crippen LogP contribution in [0.15, 0.2) is 156 Å². The van der Waals surface area contributed by atoms with Crippen molar-refractivity contribution in [2.45, 2.75) is 19.8 Å². The molecule has 0 aliphatic heterocycles. The third kappa shape index (κ3) is 4.47. The predicted octanol–water partition coefficient (Wildman–Crippen LogP) is 13.4. The van der Waals surface area contributed by atoms with Gasteiger partial charge in [-0.15, -0.1) is 0 Å². The van der Waals surface area contributed by atoms with Gasteiger partial charge in [-0.1, -0.05) is 146 Å². The number of fused-ring (bicyclic) bond motifs is 12. The molecule has 0 spiro atoms. The van der Waals surface area contributed by atoms with Gasteiger partial charge >= 0.3 is 0 Å². The third-order valence-electron chi connectivity index (χ3n) is 11.5. The topological polar surface area (TPSA) is 38.9 Å². The van der Waals surface area contributed by atoms with Gasteiger partial charge in [0.05, 0.1) is 22.4 Å². The number of furan rings is 1. The number of hydrogen-bond donors (Lipinski definition) is 0. The van der Waals surface area contributed by atoms with E-state index < -0.39 is 0 Å². The van der Waals surface area contributed by atoms with Gasteiger partial charge in [0.15, 0.2) is 0 Å². The van der Waals surface area contributed by atoms with Crippen LogP contribution in [0.1, 0.15) is 35.2 Å². The van der Waals surface area contributed by atoms with Crippen LogP contribution in [0.5, 0.6) is 0 Å². The number of hydrogen-bond acceptors (Lipinski definition) is 3. The van der Waals surface area contributed by atoms with Crippen LogP contribution in [0.25, 0.3) is 93.7 Å². The first kappa shape index (κ1) is 30.1. The molecular formula is C50H34N2O. The molecule has 11 rings (SSSR count). The number of aromatic nitrogens is 2. The summed E-state index contributed by atoms with van der Waals surface area (Å²) in [6, 6.07) is 52.1. The van der Waals surface area contributed by atoms with Crippen molar-refractivity contribution in [1.29, 1.82) is 0 Å². The zero-order valence-electron chi connectivity index (χ0n) is 29.5. The molecule has 0 bridgehead atoms. The Morgan fingerprint density at radius 2 is 1.26 bits per heavy atom. The lowest BCUT2D eigenvalue weighted by Crippen LogP contribution is -2.17. The van der Waals surface area contributed by atoms with Crippen LogP contribution < -0.4 is 0 Å². The van der Waals surface area contributed by atoms with Gasteiger partial charge in [-0.2, -0.15) is 0 Å². The fraction of sp³-hybridized carbons (Fsp3) is 0.0800. The summed E-state index contributed by atoms with van der Waals surface area (Å²) in [6.07, 6.45) is 4.59. The number of rotatable bonds is 3. The highest BCUT2D eigenvalue weighted by Crippen LogP contribution is 2.46. The summed E-state index contributed by atoms with van der Waals surface area (Å²) in [5, 5.41) is 9.38. The van der Waals surface area contributed by atoms with E-state index in [0.717, 1.165) is 71.8 Å². The number of nitrogens with zero attached hydrogens (tertiary/aromatic N) is 2. The van der Waals surface area contributed by atoms with Crippen molar-refractivity contribution >= 4 is 71.4 Å². The molecule has 2 atom stereocenters. The molecule has 0 saturated heterocycles. The van der Waals surface area contributed by atoms with Crippen molar-refractivity contribution in [3.8, 4) is 22.4 Å². The number of para-hydroxylation sites is 1. The zero-order chi connectivity index (χ0) is 35.2. The van der Waals surface area contributed by atoms with Gasteiger partial charge < -0.3 is 4.42 Å². The van der Waals surface area contributed by atoms with Crippen molar-refractivity contribution in [2.75, 3.05) is 0 Å². The minimum atomic E-state index is 0.0286. The van der Waals surface area contributed by atoms with Crippen LogP contribution in [0.4, 0.5) is 0 Å². The van der Waals surface area contributed by atoms with Crippen LogP contribution >= 0.6 is 0 Å². The standard InChI is InChI=1S/C50H34N2O/c1-29-13-11-23-40-43(29)37-20-7-8-21-38(37)47-48(40)52-49(44-30(2)25-26-31-14-3-5-18-35(31)44)46(51-47)34-17-12-16-32(27-34)41-28-33-15-4-6-19-36(33)45-39-22-9-10-24-42(39)53-50(41)45/h3-28,30,44H,1-2H3. The Morgan fingerprint density at radius 3 is 2.17 bits per heavy atom. The van der Waals surface area contributed by atoms with E-state index in [1.165, 1.54) is 38.2 Å². The van der Waals surface area contributed by atoms with E-state index in [9.17, 15) is 0 Å². The fourth-order valence-corrected chi connectivity index (χ4v) is 9.00. The highest BCUT2D eigenvalue weighted by atomic mass is 16.3. The zero-order valence-corrected chi connectivity index (χ0v) is 29.5. The second-order valence-electron chi connectivity index (χ2n) is 14.6. The molecule has 8 aromatic carbocycles. The molecule has 0 saturated carbocycles. The first-order valence-corrected chi connectivity index (χ1v) is 18.4. The van der Waals surface area contributed by atoms with E-state index in [1.54, 1.807) is 0 Å². The average molecular weight is 679 g/mol. The smallest absolute Gasteiger partial charge is 0.143 e. The molecule has 3 nitrogen and oxygen atoms in total. The van der Waals surface area contributed by atoms with Gasteiger partial charge in [0.2, 0.25) is 0 Å². The molecule has 53 heavy (non-hydrogen) atoms. The molecule has 10 aromatic rings. The molecule has 1 aliphatic rings. The summed E-state index contributed by atoms with van der Waals surface area (Å²) in [7, 11) is 0. The summed E-state index contributed by atoms with van der Waals surface area (Å²) < 4.78 is 6.68. The molecule has 2 aromatic heterocycles. The highest BCUT2D eigenvalue weighted by molar-refractivity contribution is 6.24. The summed E-state index contributed by atoms with van der Waals surface area (Å²) >= 11 is 0. The Bertz CT molecular complexity index is 3170. The summed E-state index contributed by atoms with van der Waals surface area (Å²) in [5.41, 5.74) is 12.6. The van der Waals surface area contributed by atoms with Gasteiger partial charge in [-0.25, -0.2) is 9.97 Å². The molecule has 0 fully saturated rings. The minimum Gasteiger partial charge on any atom is -0.455 e. The Labute approximate surface area is 306 Å². The van der Waals surface area contributed by atoms with Crippen LogP contribution in [-0.2, 0) is 0 Å². The van der Waals surface area contributed by atoms with Gasteiger partial charge in [0.25, 0.3) is 0 Å². The Hall–Kier alpha value is -6.58. The van der Waals surface area contributed by atoms with Crippen molar-refractivity contribution < 1.29 is 4.42 Å². The fourth-order valence-electron chi connectivity index (χ4n) is 9.00. The van der Waals surface area contributed by atoms with Crippen molar-refractivity contribution in [2.24, 2.45) is 5.92 Å². The average Bonchev–Trinajstić information content (AvgIpc) is 3.60. The molecule has 2 unspecified atom stereocenters. The second-order valence-corrected chi connectivity index (χ2v) is 14.6. The number of benzene rings is 8. The SMILES string of the molecule is Cc1cccc2c3nc(C4c5ccccc5C=CC4C)c(-c4cccc(-c5cc6ccccc6c6c5oc5ccccc56)c4)nc3c3ccccc3c12. The Morgan fingerprint density at radius 1 is 0.566 bits per heavy atom. The Balaban J connectivity index is 1.23. The van der Waals surface area contributed by atoms with E-state index in [4.69, 9.17) is 14.4 Å². The second kappa shape index (κ2) is 11.5. The molecule has 1 aliphatic carbocycles. The molecule has 2 heterocycles. The lowest BCUT2D eigenvalue weighted by Gasteiger charge is -2.29. The van der Waals surface area contributed by atoms with Crippen LogP contribution in [-0.4, -0.2) is 9.97 Å². The van der Waals surface area contributed by atoms with E-state index >= 15 is 0 Å². The summed E-state index contributed by atoms with van der Waals surface area (Å²) in [5.74, 6) is 0.253. The van der Waals surface area contributed by atoms with Crippen LogP contribution in [0.3, 0.4) is 0 Å². The molecular weight excluding hydrogens is 645 g/mol. The van der Waals surface area contributed by atoms with E-state index in [0.29, 0.717) is 0 Å². The van der Waals surface area contributed by atoms with Crippen molar-refractivity contribution in [3.05, 3.63) is 174 Å². The first-order chi connectivity index (χ1) is 26.1. The molecule has 0 N–H and O–H groups in total. The largest absolute Gasteiger partial charge is 0.455 e. The van der Waals surface area contributed by atoms with E-state index in [1.807, 2.05) is 6.07 Å². The molecule has 3 heteroatoms. The van der Waals surface area contributed by atoms with Crippen LogP contribution in [0.2, 0.25) is 0 Å². The van der Waals surface area contributed by atoms with E-state index in [-0.39, 0.29) is 11.8 Å². The molecule has 250 valence electrons. The van der Waals surface area contributed by atoms with Gasteiger partial charge in [0.1, 0.15) is 11.2 Å². The Kier molecular flexibility index (Phi) is 6.51. The van der Waals surface area contributed by atoms with Crippen molar-refractivity contribution in [3.63, 3.8) is 0 Å². The highest BCUT2D eigenvalue weighted by Gasteiger charge is 2.31. The van der Waals surface area contributed by atoms with Crippen LogP contribution in [0, 0.1) is 12.8 Å². The van der Waals surface area contributed by atoms with Gasteiger partial charge in [-0.05, 0) is 74.8 Å². The monoisotopic (exact) mass is 678 g/mol. The third-order valence-corrected chi connectivity index (χ3v) is 11.5. The predicted molar refractivity (Wildman–Crippen MR) is 221 cm³/mol. The van der Waals surface area contributed by atoms with Gasteiger partial charge in [0, 0.05) is 38.6 Å². The normalized spacial score (nSPS) is 15.7.